The maximum absolute atomic E-state index is 10.8. The fourth-order valence-corrected chi connectivity index (χ4v) is 2.25. The van der Waals surface area contributed by atoms with Gasteiger partial charge in [0.1, 0.15) is 0 Å². The number of hydrogen-bond donors (Lipinski definition) is 1. The number of carbonyl (C=O) groups is 1. The van der Waals surface area contributed by atoms with Gasteiger partial charge in [-0.2, -0.15) is 0 Å². The normalized spacial score (nSPS) is 28.7. The Labute approximate surface area is 79.7 Å². The first-order valence-electron chi connectivity index (χ1n) is 4.95. The quantitative estimate of drug-likeness (QED) is 0.710. The Hall–Kier alpha value is -0.570. The number of aliphatic carboxylic acids is 1. The third kappa shape index (κ3) is 2.21. The minimum atomic E-state index is -0.635. The van der Waals surface area contributed by atoms with Crippen molar-refractivity contribution in [3.8, 4) is 0 Å². The summed E-state index contributed by atoms with van der Waals surface area (Å²) in [5, 5.41) is 8.91. The Morgan fingerprint density at radius 1 is 1.62 bits per heavy atom. The lowest BCUT2D eigenvalue weighted by atomic mass is 9.83. The van der Waals surface area contributed by atoms with Crippen molar-refractivity contribution in [1.82, 2.24) is 4.90 Å². The van der Waals surface area contributed by atoms with Gasteiger partial charge in [0.15, 0.2) is 0 Å². The zero-order valence-corrected chi connectivity index (χ0v) is 8.71. The number of nitrogens with zero attached hydrogens (tertiary/aromatic N) is 1. The van der Waals surface area contributed by atoms with Crippen molar-refractivity contribution >= 4 is 5.97 Å². The molecule has 1 atom stereocenters. The second-order valence-corrected chi connectivity index (χ2v) is 4.42. The van der Waals surface area contributed by atoms with E-state index in [-0.39, 0.29) is 11.5 Å². The second-order valence-electron chi connectivity index (χ2n) is 4.42. The summed E-state index contributed by atoms with van der Waals surface area (Å²) in [4.78, 5) is 13.2. The van der Waals surface area contributed by atoms with E-state index < -0.39 is 5.97 Å². The van der Waals surface area contributed by atoms with E-state index in [9.17, 15) is 4.79 Å². The minimum Gasteiger partial charge on any atom is -0.481 e. The number of piperidine rings is 1. The number of hydrogen-bond acceptors (Lipinski definition) is 2. The van der Waals surface area contributed by atoms with Gasteiger partial charge in [-0.25, -0.2) is 0 Å². The molecule has 3 nitrogen and oxygen atoms in total. The third-order valence-electron chi connectivity index (χ3n) is 3.08. The topological polar surface area (TPSA) is 40.5 Å². The molecule has 1 rings (SSSR count). The molecule has 0 aromatic rings. The summed E-state index contributed by atoms with van der Waals surface area (Å²) in [5.41, 5.74) is 0.0516. The second kappa shape index (κ2) is 3.66. The Morgan fingerprint density at radius 2 is 2.23 bits per heavy atom. The maximum Gasteiger partial charge on any atom is 0.306 e. The first kappa shape index (κ1) is 10.5. The summed E-state index contributed by atoms with van der Waals surface area (Å²) >= 11 is 0. The van der Waals surface area contributed by atoms with Crippen LogP contribution in [0.25, 0.3) is 0 Å². The molecule has 0 bridgehead atoms. The van der Waals surface area contributed by atoms with E-state index in [2.05, 4.69) is 25.7 Å². The van der Waals surface area contributed by atoms with Gasteiger partial charge in [-0.1, -0.05) is 6.92 Å². The highest BCUT2D eigenvalue weighted by Gasteiger charge is 2.36. The summed E-state index contributed by atoms with van der Waals surface area (Å²) in [6, 6.07) is 0. The van der Waals surface area contributed by atoms with Crippen molar-refractivity contribution < 1.29 is 9.90 Å². The highest BCUT2D eigenvalue weighted by molar-refractivity contribution is 5.70. The SMILES string of the molecule is CCN1CCC(C(=O)O)CC1(C)C. The number of carboxylic acids is 1. The zero-order valence-electron chi connectivity index (χ0n) is 8.71. The molecular weight excluding hydrogens is 166 g/mol. The average Bonchev–Trinajstić information content (AvgIpc) is 2.02. The first-order chi connectivity index (χ1) is 5.97. The summed E-state index contributed by atoms with van der Waals surface area (Å²) in [6.45, 7) is 8.32. The zero-order chi connectivity index (χ0) is 10.1. The highest BCUT2D eigenvalue weighted by atomic mass is 16.4. The standard InChI is InChI=1S/C10H19NO2/c1-4-11-6-5-8(9(12)13)7-10(11,2)3/h8H,4-7H2,1-3H3,(H,12,13). The van der Waals surface area contributed by atoms with E-state index in [1.807, 2.05) is 0 Å². The Kier molecular flexibility index (Phi) is 2.96. The first-order valence-corrected chi connectivity index (χ1v) is 4.95. The van der Waals surface area contributed by atoms with Gasteiger partial charge in [0, 0.05) is 5.54 Å². The van der Waals surface area contributed by atoms with Crippen LogP contribution in [0.4, 0.5) is 0 Å². The van der Waals surface area contributed by atoms with Crippen LogP contribution in [0, 0.1) is 5.92 Å². The molecular formula is C10H19NO2. The summed E-state index contributed by atoms with van der Waals surface area (Å²) in [7, 11) is 0. The van der Waals surface area contributed by atoms with Crippen LogP contribution in [-0.2, 0) is 4.79 Å². The van der Waals surface area contributed by atoms with Crippen LogP contribution in [0.1, 0.15) is 33.6 Å². The predicted molar refractivity (Wildman–Crippen MR) is 51.7 cm³/mol. The highest BCUT2D eigenvalue weighted by Crippen LogP contribution is 2.31. The van der Waals surface area contributed by atoms with Gasteiger partial charge in [0.25, 0.3) is 0 Å². The van der Waals surface area contributed by atoms with Crippen molar-refractivity contribution in [3.63, 3.8) is 0 Å². The van der Waals surface area contributed by atoms with Crippen molar-refractivity contribution in [2.45, 2.75) is 39.2 Å². The number of likely N-dealkylation sites (tertiary alicyclic amines) is 1. The van der Waals surface area contributed by atoms with Crippen LogP contribution in [0.5, 0.6) is 0 Å². The van der Waals surface area contributed by atoms with Crippen molar-refractivity contribution in [1.29, 1.82) is 0 Å². The molecule has 1 aliphatic rings. The number of carboxylic acid groups (broad SMARTS) is 1. The van der Waals surface area contributed by atoms with Crippen LogP contribution >= 0.6 is 0 Å². The van der Waals surface area contributed by atoms with Gasteiger partial charge < -0.3 is 5.11 Å². The van der Waals surface area contributed by atoms with Gasteiger partial charge in [-0.15, -0.1) is 0 Å². The smallest absolute Gasteiger partial charge is 0.306 e. The molecule has 13 heavy (non-hydrogen) atoms. The largest absolute Gasteiger partial charge is 0.481 e. The van der Waals surface area contributed by atoms with E-state index in [4.69, 9.17) is 5.11 Å². The van der Waals surface area contributed by atoms with Gasteiger partial charge in [-0.05, 0) is 39.8 Å². The van der Waals surface area contributed by atoms with Crippen molar-refractivity contribution in [3.05, 3.63) is 0 Å². The minimum absolute atomic E-state index is 0.0516. The molecule has 0 aromatic heterocycles. The average molecular weight is 185 g/mol. The van der Waals surface area contributed by atoms with Gasteiger partial charge in [-0.3, -0.25) is 9.69 Å². The van der Waals surface area contributed by atoms with E-state index in [1.54, 1.807) is 0 Å². The van der Waals surface area contributed by atoms with Crippen LogP contribution < -0.4 is 0 Å². The van der Waals surface area contributed by atoms with Gasteiger partial charge in [0.05, 0.1) is 5.92 Å². The predicted octanol–water partition coefficient (Wildman–Crippen LogP) is 1.58. The molecule has 1 aliphatic heterocycles. The van der Waals surface area contributed by atoms with E-state index in [0.717, 1.165) is 25.9 Å². The van der Waals surface area contributed by atoms with E-state index in [0.29, 0.717) is 0 Å². The van der Waals surface area contributed by atoms with E-state index in [1.165, 1.54) is 0 Å². The molecule has 0 spiro atoms. The molecule has 3 heteroatoms. The molecule has 1 fully saturated rings. The molecule has 0 aromatic carbocycles. The van der Waals surface area contributed by atoms with Crippen LogP contribution in [-0.4, -0.2) is 34.6 Å². The lowest BCUT2D eigenvalue weighted by molar-refractivity contribution is -0.145. The molecule has 1 unspecified atom stereocenters. The lowest BCUT2D eigenvalue weighted by Crippen LogP contribution is -2.50. The summed E-state index contributed by atoms with van der Waals surface area (Å²) in [6.07, 6.45) is 1.57. The number of rotatable bonds is 2. The van der Waals surface area contributed by atoms with Crippen molar-refractivity contribution in [2.24, 2.45) is 5.92 Å². The Balaban J connectivity index is 2.64. The molecule has 1 heterocycles. The monoisotopic (exact) mass is 185 g/mol. The van der Waals surface area contributed by atoms with Crippen LogP contribution in [0.3, 0.4) is 0 Å². The Morgan fingerprint density at radius 3 is 2.62 bits per heavy atom. The summed E-state index contributed by atoms with van der Waals surface area (Å²) < 4.78 is 0. The molecule has 1 saturated heterocycles. The molecule has 0 radical (unpaired) electrons. The van der Waals surface area contributed by atoms with Crippen LogP contribution in [0.15, 0.2) is 0 Å². The van der Waals surface area contributed by atoms with Crippen LogP contribution in [0.2, 0.25) is 0 Å². The lowest BCUT2D eigenvalue weighted by Gasteiger charge is -2.44. The molecule has 0 amide bonds. The maximum atomic E-state index is 10.8. The molecule has 0 aliphatic carbocycles. The van der Waals surface area contributed by atoms with Gasteiger partial charge >= 0.3 is 5.97 Å². The fourth-order valence-electron chi connectivity index (χ4n) is 2.25. The third-order valence-corrected chi connectivity index (χ3v) is 3.08. The molecule has 1 N–H and O–H groups in total. The van der Waals surface area contributed by atoms with Gasteiger partial charge in [0.2, 0.25) is 0 Å². The fraction of sp³-hybridized carbons (Fsp3) is 0.900. The summed E-state index contributed by atoms with van der Waals surface area (Å²) in [5.74, 6) is -0.776. The van der Waals surface area contributed by atoms with E-state index >= 15 is 0 Å². The van der Waals surface area contributed by atoms with Crippen molar-refractivity contribution in [2.75, 3.05) is 13.1 Å². The Bertz CT molecular complexity index is 201. The molecule has 0 saturated carbocycles. The molecule has 76 valence electrons.